The third kappa shape index (κ3) is 2.96. The molecule has 0 bridgehead atoms. The van der Waals surface area contributed by atoms with E-state index in [1.54, 1.807) is 19.1 Å². The molecule has 0 saturated heterocycles. The molecule has 5 heteroatoms. The van der Waals surface area contributed by atoms with Crippen LogP contribution in [0.1, 0.15) is 31.4 Å². The number of nitrogens with zero attached hydrogens (tertiary/aromatic N) is 1. The minimum atomic E-state index is -3.47. The molecule has 1 aromatic rings. The SMILES string of the molecule is Cc1cc(S(=O)(=O)NCC2CC2(C)C)ccc1C#N. The van der Waals surface area contributed by atoms with Crippen molar-refractivity contribution < 1.29 is 8.42 Å². The smallest absolute Gasteiger partial charge is 0.211 e. The van der Waals surface area contributed by atoms with Crippen molar-refractivity contribution in [2.45, 2.75) is 32.1 Å². The van der Waals surface area contributed by atoms with Crippen LogP contribution >= 0.6 is 0 Å². The molecule has 102 valence electrons. The van der Waals surface area contributed by atoms with E-state index < -0.39 is 10.0 Å². The molecule has 1 aromatic carbocycles. The van der Waals surface area contributed by atoms with E-state index in [0.717, 1.165) is 6.42 Å². The summed E-state index contributed by atoms with van der Waals surface area (Å²) in [5.74, 6) is 0.418. The summed E-state index contributed by atoms with van der Waals surface area (Å²) >= 11 is 0. The van der Waals surface area contributed by atoms with Gasteiger partial charge >= 0.3 is 0 Å². The van der Waals surface area contributed by atoms with Crippen molar-refractivity contribution in [3.63, 3.8) is 0 Å². The van der Waals surface area contributed by atoms with Crippen LogP contribution in [0.5, 0.6) is 0 Å². The van der Waals surface area contributed by atoms with Gasteiger partial charge in [-0.2, -0.15) is 5.26 Å². The molecule has 0 aliphatic heterocycles. The molecule has 1 fully saturated rings. The van der Waals surface area contributed by atoms with Gasteiger partial charge in [0.25, 0.3) is 0 Å². The van der Waals surface area contributed by atoms with Crippen molar-refractivity contribution in [2.24, 2.45) is 11.3 Å². The van der Waals surface area contributed by atoms with E-state index in [4.69, 9.17) is 5.26 Å². The molecule has 1 N–H and O–H groups in total. The molecule has 1 atom stereocenters. The van der Waals surface area contributed by atoms with Crippen molar-refractivity contribution in [3.05, 3.63) is 29.3 Å². The number of sulfonamides is 1. The zero-order valence-corrected chi connectivity index (χ0v) is 12.2. The average Bonchev–Trinajstić information content (AvgIpc) is 2.95. The van der Waals surface area contributed by atoms with E-state index in [-0.39, 0.29) is 10.3 Å². The first-order valence-electron chi connectivity index (χ1n) is 6.27. The van der Waals surface area contributed by atoms with Crippen molar-refractivity contribution in [3.8, 4) is 6.07 Å². The van der Waals surface area contributed by atoms with Gasteiger partial charge < -0.3 is 0 Å². The predicted molar refractivity (Wildman–Crippen MR) is 73.0 cm³/mol. The zero-order chi connectivity index (χ0) is 14.3. The van der Waals surface area contributed by atoms with Gasteiger partial charge in [-0.3, -0.25) is 0 Å². The molecule has 1 aliphatic rings. The Kier molecular flexibility index (Phi) is 3.41. The van der Waals surface area contributed by atoms with Gasteiger partial charge in [0, 0.05) is 6.54 Å². The Hall–Kier alpha value is -1.38. The van der Waals surface area contributed by atoms with Crippen molar-refractivity contribution in [1.82, 2.24) is 4.72 Å². The standard InChI is InChI=1S/C14H18N2O2S/c1-10-6-13(5-4-11(10)8-15)19(17,18)16-9-12-7-14(12,2)3/h4-6,12,16H,7,9H2,1-3H3. The number of benzene rings is 1. The minimum Gasteiger partial charge on any atom is -0.211 e. The molecule has 0 heterocycles. The number of nitrogens with one attached hydrogen (secondary N) is 1. The van der Waals surface area contributed by atoms with Gasteiger partial charge in [0.1, 0.15) is 0 Å². The normalized spacial score (nSPS) is 20.8. The number of aryl methyl sites for hydroxylation is 1. The van der Waals surface area contributed by atoms with Crippen LogP contribution in [0.3, 0.4) is 0 Å². The Labute approximate surface area is 114 Å². The largest absolute Gasteiger partial charge is 0.240 e. The van der Waals surface area contributed by atoms with Gasteiger partial charge in [-0.1, -0.05) is 13.8 Å². The monoisotopic (exact) mass is 278 g/mol. The fourth-order valence-electron chi connectivity index (χ4n) is 2.15. The second-order valence-electron chi connectivity index (χ2n) is 5.83. The van der Waals surface area contributed by atoms with E-state index in [9.17, 15) is 8.42 Å². The topological polar surface area (TPSA) is 70.0 Å². The van der Waals surface area contributed by atoms with Gasteiger partial charge in [0.2, 0.25) is 10.0 Å². The quantitative estimate of drug-likeness (QED) is 0.917. The Morgan fingerprint density at radius 3 is 2.58 bits per heavy atom. The number of rotatable bonds is 4. The van der Waals surface area contributed by atoms with Crippen LogP contribution in [0, 0.1) is 29.6 Å². The summed E-state index contributed by atoms with van der Waals surface area (Å²) in [5.41, 5.74) is 1.43. The second kappa shape index (κ2) is 4.62. The van der Waals surface area contributed by atoms with E-state index in [1.807, 2.05) is 6.07 Å². The van der Waals surface area contributed by atoms with Crippen LogP contribution in [0.15, 0.2) is 23.1 Å². The van der Waals surface area contributed by atoms with Crippen LogP contribution in [0.4, 0.5) is 0 Å². The molecule has 0 aromatic heterocycles. The summed E-state index contributed by atoms with van der Waals surface area (Å²) in [4.78, 5) is 0.224. The number of nitriles is 1. The van der Waals surface area contributed by atoms with Gasteiger partial charge in [-0.25, -0.2) is 13.1 Å². The van der Waals surface area contributed by atoms with Gasteiger partial charge in [-0.15, -0.1) is 0 Å². The predicted octanol–water partition coefficient (Wildman–Crippen LogP) is 2.19. The highest BCUT2D eigenvalue weighted by Gasteiger charge is 2.45. The van der Waals surface area contributed by atoms with Gasteiger partial charge in [0.15, 0.2) is 0 Å². The molecule has 4 nitrogen and oxygen atoms in total. The maximum absolute atomic E-state index is 12.1. The first-order valence-corrected chi connectivity index (χ1v) is 7.75. The van der Waals surface area contributed by atoms with E-state index in [2.05, 4.69) is 18.6 Å². The first-order chi connectivity index (χ1) is 8.76. The lowest BCUT2D eigenvalue weighted by Gasteiger charge is -2.09. The van der Waals surface area contributed by atoms with E-state index in [0.29, 0.717) is 23.6 Å². The third-order valence-electron chi connectivity index (χ3n) is 3.87. The molecular weight excluding hydrogens is 260 g/mol. The summed E-state index contributed by atoms with van der Waals surface area (Å²) < 4.78 is 26.9. The molecule has 0 radical (unpaired) electrons. The van der Waals surface area contributed by atoms with Crippen molar-refractivity contribution in [2.75, 3.05) is 6.54 Å². The average molecular weight is 278 g/mol. The molecule has 2 rings (SSSR count). The lowest BCUT2D eigenvalue weighted by molar-refractivity contribution is 0.537. The Morgan fingerprint density at radius 2 is 2.11 bits per heavy atom. The molecule has 1 unspecified atom stereocenters. The van der Waals surface area contributed by atoms with Crippen LogP contribution in [0.2, 0.25) is 0 Å². The highest BCUT2D eigenvalue weighted by atomic mass is 32.2. The highest BCUT2D eigenvalue weighted by molar-refractivity contribution is 7.89. The number of hydrogen-bond donors (Lipinski definition) is 1. The molecule has 1 aliphatic carbocycles. The second-order valence-corrected chi connectivity index (χ2v) is 7.60. The Morgan fingerprint density at radius 1 is 1.47 bits per heavy atom. The summed E-state index contributed by atoms with van der Waals surface area (Å²) in [5, 5.41) is 8.84. The van der Waals surface area contributed by atoms with Gasteiger partial charge in [-0.05, 0) is 48.4 Å². The van der Waals surface area contributed by atoms with Crippen LogP contribution < -0.4 is 4.72 Å². The van der Waals surface area contributed by atoms with Gasteiger partial charge in [0.05, 0.1) is 16.5 Å². The van der Waals surface area contributed by atoms with E-state index >= 15 is 0 Å². The summed E-state index contributed by atoms with van der Waals surface area (Å²) in [6, 6.07) is 6.59. The van der Waals surface area contributed by atoms with Crippen molar-refractivity contribution >= 4 is 10.0 Å². The molecule has 0 spiro atoms. The van der Waals surface area contributed by atoms with Crippen LogP contribution in [-0.4, -0.2) is 15.0 Å². The summed E-state index contributed by atoms with van der Waals surface area (Å²) in [6.45, 7) is 6.49. The summed E-state index contributed by atoms with van der Waals surface area (Å²) in [6.07, 6.45) is 1.06. The lowest BCUT2D eigenvalue weighted by Crippen LogP contribution is -2.27. The Balaban J connectivity index is 2.12. The zero-order valence-electron chi connectivity index (χ0n) is 11.4. The molecule has 0 amide bonds. The fourth-order valence-corrected chi connectivity index (χ4v) is 3.31. The molecule has 19 heavy (non-hydrogen) atoms. The maximum Gasteiger partial charge on any atom is 0.240 e. The molecule has 1 saturated carbocycles. The minimum absolute atomic E-state index is 0.224. The summed E-state index contributed by atoms with van der Waals surface area (Å²) in [7, 11) is -3.47. The van der Waals surface area contributed by atoms with E-state index in [1.165, 1.54) is 6.07 Å². The highest BCUT2D eigenvalue weighted by Crippen LogP contribution is 2.51. The lowest BCUT2D eigenvalue weighted by atomic mass is 10.1. The van der Waals surface area contributed by atoms with Crippen LogP contribution in [0.25, 0.3) is 0 Å². The third-order valence-corrected chi connectivity index (χ3v) is 5.29. The molecular formula is C14H18N2O2S. The number of hydrogen-bond acceptors (Lipinski definition) is 3. The first kappa shape index (κ1) is 14.0. The van der Waals surface area contributed by atoms with Crippen molar-refractivity contribution in [1.29, 1.82) is 5.26 Å². The Bertz CT molecular complexity index is 642. The maximum atomic E-state index is 12.1. The fraction of sp³-hybridized carbons (Fsp3) is 0.500. The van der Waals surface area contributed by atoms with Crippen LogP contribution in [-0.2, 0) is 10.0 Å².